The van der Waals surface area contributed by atoms with Gasteiger partial charge in [0.25, 0.3) is 0 Å². The van der Waals surface area contributed by atoms with E-state index in [1.165, 1.54) is 12.1 Å². The molecule has 0 bridgehead atoms. The monoisotopic (exact) mass is 545 g/mol. The Morgan fingerprint density at radius 3 is 2.63 bits per heavy atom. The van der Waals surface area contributed by atoms with E-state index in [-0.39, 0.29) is 36.3 Å². The van der Waals surface area contributed by atoms with Gasteiger partial charge in [-0.15, -0.1) is 37.1 Å². The second kappa shape index (κ2) is 14.7. The number of hydrogen-bond donors (Lipinski definition) is 2. The lowest BCUT2D eigenvalue weighted by Crippen LogP contribution is -2.38. The van der Waals surface area contributed by atoms with Crippen LogP contribution in [0.2, 0.25) is 0 Å². The highest BCUT2D eigenvalue weighted by Crippen LogP contribution is 2.26. The van der Waals surface area contributed by atoms with Crippen LogP contribution in [0.15, 0.2) is 29.3 Å². The quantitative estimate of drug-likeness (QED) is 0.201. The van der Waals surface area contributed by atoms with Crippen molar-refractivity contribution in [1.29, 1.82) is 0 Å². The van der Waals surface area contributed by atoms with E-state index in [1.807, 2.05) is 6.92 Å². The van der Waals surface area contributed by atoms with Gasteiger partial charge >= 0.3 is 6.36 Å². The Labute approximate surface area is 193 Å². The predicted octanol–water partition coefficient (Wildman–Crippen LogP) is 4.09. The van der Waals surface area contributed by atoms with E-state index in [2.05, 4.69) is 20.4 Å². The van der Waals surface area contributed by atoms with Gasteiger partial charge in [0.05, 0.1) is 6.54 Å². The summed E-state index contributed by atoms with van der Waals surface area (Å²) in [6.45, 7) is 6.33. The summed E-state index contributed by atoms with van der Waals surface area (Å²) in [6, 6.07) is 6.01. The van der Waals surface area contributed by atoms with Crippen molar-refractivity contribution < 1.29 is 27.4 Å². The number of hydrogen-bond acceptors (Lipinski definition) is 4. The summed E-state index contributed by atoms with van der Waals surface area (Å²) < 4.78 is 52.7. The minimum atomic E-state index is -4.73. The van der Waals surface area contributed by atoms with E-state index >= 15 is 0 Å². The molecule has 1 heterocycles. The molecule has 10 heteroatoms. The molecule has 1 fully saturated rings. The number of aliphatic imine (C=N–C) groups is 1. The molecule has 1 saturated heterocycles. The number of para-hydroxylation sites is 1. The molecule has 1 aliphatic rings. The molecule has 2 N–H and O–H groups in total. The van der Waals surface area contributed by atoms with E-state index in [9.17, 15) is 13.2 Å². The molecular formula is C20H31F3IN3O3. The van der Waals surface area contributed by atoms with E-state index in [0.29, 0.717) is 37.1 Å². The van der Waals surface area contributed by atoms with Crippen molar-refractivity contribution in [2.24, 2.45) is 10.9 Å². The van der Waals surface area contributed by atoms with Gasteiger partial charge in [0, 0.05) is 45.1 Å². The first-order valence-electron chi connectivity index (χ1n) is 9.99. The molecule has 30 heavy (non-hydrogen) atoms. The summed E-state index contributed by atoms with van der Waals surface area (Å²) in [4.78, 5) is 4.36. The number of benzene rings is 1. The minimum Gasteiger partial charge on any atom is -0.405 e. The Morgan fingerprint density at radius 1 is 1.20 bits per heavy atom. The molecule has 0 unspecified atom stereocenters. The fourth-order valence-corrected chi connectivity index (χ4v) is 2.91. The van der Waals surface area contributed by atoms with Crippen LogP contribution < -0.4 is 15.4 Å². The van der Waals surface area contributed by atoms with Crippen LogP contribution in [0.3, 0.4) is 0 Å². The van der Waals surface area contributed by atoms with Crippen molar-refractivity contribution in [2.45, 2.75) is 39.1 Å². The maximum atomic E-state index is 12.5. The van der Waals surface area contributed by atoms with Crippen LogP contribution in [0, 0.1) is 5.92 Å². The number of nitrogens with one attached hydrogen (secondary N) is 2. The van der Waals surface area contributed by atoms with E-state index < -0.39 is 6.36 Å². The van der Waals surface area contributed by atoms with Gasteiger partial charge in [-0.2, -0.15) is 0 Å². The highest BCUT2D eigenvalue weighted by Gasteiger charge is 2.31. The van der Waals surface area contributed by atoms with Crippen LogP contribution in [0.5, 0.6) is 5.75 Å². The Morgan fingerprint density at radius 2 is 1.93 bits per heavy atom. The molecule has 6 nitrogen and oxygen atoms in total. The van der Waals surface area contributed by atoms with Gasteiger partial charge < -0.3 is 24.8 Å². The highest BCUT2D eigenvalue weighted by atomic mass is 127. The van der Waals surface area contributed by atoms with Crippen LogP contribution in [0.1, 0.15) is 31.7 Å². The summed E-state index contributed by atoms with van der Waals surface area (Å²) >= 11 is 0. The topological polar surface area (TPSA) is 64.1 Å². The van der Waals surface area contributed by atoms with E-state index in [4.69, 9.17) is 9.47 Å². The smallest absolute Gasteiger partial charge is 0.405 e. The van der Waals surface area contributed by atoms with Gasteiger partial charge in [0.2, 0.25) is 0 Å². The summed E-state index contributed by atoms with van der Waals surface area (Å²) in [5.41, 5.74) is 0.363. The summed E-state index contributed by atoms with van der Waals surface area (Å²) in [5.74, 6) is 0.884. The molecule has 0 aliphatic carbocycles. The van der Waals surface area contributed by atoms with Crippen LogP contribution in [0.25, 0.3) is 0 Å². The van der Waals surface area contributed by atoms with Crippen molar-refractivity contribution >= 4 is 29.9 Å². The molecular weight excluding hydrogens is 514 g/mol. The zero-order valence-electron chi connectivity index (χ0n) is 17.2. The van der Waals surface area contributed by atoms with Crippen LogP contribution >= 0.6 is 24.0 Å². The molecule has 1 aromatic carbocycles. The van der Waals surface area contributed by atoms with Crippen molar-refractivity contribution in [3.8, 4) is 5.75 Å². The van der Waals surface area contributed by atoms with Gasteiger partial charge in [-0.25, -0.2) is 4.99 Å². The van der Waals surface area contributed by atoms with Crippen LogP contribution in [0.4, 0.5) is 13.2 Å². The molecule has 1 aliphatic heterocycles. The second-order valence-corrected chi connectivity index (χ2v) is 6.76. The first-order chi connectivity index (χ1) is 14.0. The number of alkyl halides is 3. The fourth-order valence-electron chi connectivity index (χ4n) is 2.91. The third-order valence-corrected chi connectivity index (χ3v) is 4.40. The maximum absolute atomic E-state index is 12.5. The summed E-state index contributed by atoms with van der Waals surface area (Å²) in [5, 5.41) is 6.26. The van der Waals surface area contributed by atoms with Crippen molar-refractivity contribution in [2.75, 3.05) is 39.5 Å². The third kappa shape index (κ3) is 11.2. The van der Waals surface area contributed by atoms with Gasteiger partial charge in [0.1, 0.15) is 5.75 Å². The molecule has 0 spiro atoms. The van der Waals surface area contributed by atoms with Crippen LogP contribution in [-0.2, 0) is 16.0 Å². The molecule has 2 rings (SSSR count). The van der Waals surface area contributed by atoms with Gasteiger partial charge in [-0.1, -0.05) is 18.2 Å². The maximum Gasteiger partial charge on any atom is 0.573 e. The van der Waals surface area contributed by atoms with Crippen molar-refractivity contribution in [3.63, 3.8) is 0 Å². The fraction of sp³-hybridized carbons (Fsp3) is 0.650. The van der Waals surface area contributed by atoms with Crippen LogP contribution in [-0.4, -0.2) is 51.8 Å². The summed E-state index contributed by atoms with van der Waals surface area (Å²) in [7, 11) is 0. The number of guanidine groups is 1. The Kier molecular flexibility index (Phi) is 13.1. The zero-order chi connectivity index (χ0) is 21.0. The first kappa shape index (κ1) is 26.8. The van der Waals surface area contributed by atoms with E-state index in [0.717, 1.165) is 39.1 Å². The lowest BCUT2D eigenvalue weighted by Gasteiger charge is -2.21. The largest absolute Gasteiger partial charge is 0.573 e. The number of ether oxygens (including phenoxy) is 3. The predicted molar refractivity (Wildman–Crippen MR) is 120 cm³/mol. The first-order valence-corrected chi connectivity index (χ1v) is 9.99. The summed E-state index contributed by atoms with van der Waals surface area (Å²) in [6.07, 6.45) is -1.82. The molecule has 172 valence electrons. The molecule has 0 aromatic heterocycles. The van der Waals surface area contributed by atoms with E-state index in [1.54, 1.807) is 12.1 Å². The van der Waals surface area contributed by atoms with Gasteiger partial charge in [-0.3, -0.25) is 0 Å². The SMILES string of the molecule is CCNC(=NCc1ccccc1OC(F)(F)F)NCCCOCC1CCOCC1.I. The van der Waals surface area contributed by atoms with Crippen molar-refractivity contribution in [1.82, 2.24) is 10.6 Å². The minimum absolute atomic E-state index is 0. The third-order valence-electron chi connectivity index (χ3n) is 4.40. The number of nitrogens with zero attached hydrogens (tertiary/aromatic N) is 1. The average molecular weight is 545 g/mol. The number of halogens is 4. The van der Waals surface area contributed by atoms with Crippen molar-refractivity contribution in [3.05, 3.63) is 29.8 Å². The molecule has 1 aromatic rings. The molecule has 0 amide bonds. The Hall–Kier alpha value is -1.27. The zero-order valence-corrected chi connectivity index (χ0v) is 19.5. The highest BCUT2D eigenvalue weighted by molar-refractivity contribution is 14.0. The normalized spacial score (nSPS) is 15.4. The lowest BCUT2D eigenvalue weighted by atomic mass is 10.0. The molecule has 0 atom stereocenters. The Balaban J connectivity index is 0.00000450. The second-order valence-electron chi connectivity index (χ2n) is 6.76. The Bertz CT molecular complexity index is 627. The lowest BCUT2D eigenvalue weighted by molar-refractivity contribution is -0.274. The number of rotatable bonds is 10. The van der Waals surface area contributed by atoms with Gasteiger partial charge in [0.15, 0.2) is 5.96 Å². The molecule has 0 radical (unpaired) electrons. The average Bonchev–Trinajstić information content (AvgIpc) is 2.69. The molecule has 0 saturated carbocycles. The standard InChI is InChI=1S/C20H30F3N3O3.HI/c1-2-24-19(25-10-5-11-28-15-16-8-12-27-13-9-16)26-14-17-6-3-4-7-18(17)29-20(21,22)23;/h3-4,6-7,16H,2,5,8-15H2,1H3,(H2,24,25,26);1H. The van der Waals surface area contributed by atoms with Gasteiger partial charge in [-0.05, 0) is 38.2 Å².